The molecule has 1 atom stereocenters. The van der Waals surface area contributed by atoms with Crippen molar-refractivity contribution in [3.63, 3.8) is 0 Å². The smallest absolute Gasteiger partial charge is 0.258 e. The highest BCUT2D eigenvalue weighted by Crippen LogP contribution is 2.41. The summed E-state index contributed by atoms with van der Waals surface area (Å²) in [5, 5.41) is 3.33. The van der Waals surface area contributed by atoms with Crippen LogP contribution >= 0.6 is 22.9 Å². The average Bonchev–Trinajstić information content (AvgIpc) is 3.44. The van der Waals surface area contributed by atoms with Gasteiger partial charge in [0, 0.05) is 22.4 Å². The van der Waals surface area contributed by atoms with E-state index in [-0.39, 0.29) is 30.2 Å². The molecular formula is C25H22ClNO5S. The first-order valence-corrected chi connectivity index (χ1v) is 11.6. The predicted octanol–water partition coefficient (Wildman–Crippen LogP) is 4.97. The van der Waals surface area contributed by atoms with Gasteiger partial charge in [0.25, 0.3) is 5.91 Å². The summed E-state index contributed by atoms with van der Waals surface area (Å²) in [6, 6.07) is 14.2. The molecule has 1 unspecified atom stereocenters. The van der Waals surface area contributed by atoms with Crippen molar-refractivity contribution in [2.45, 2.75) is 26.4 Å². The summed E-state index contributed by atoms with van der Waals surface area (Å²) in [5.74, 6) is 0.882. The van der Waals surface area contributed by atoms with Crippen LogP contribution in [-0.2, 0) is 11.2 Å². The minimum absolute atomic E-state index is 0.0275. The monoisotopic (exact) mass is 483 g/mol. The lowest BCUT2D eigenvalue weighted by Gasteiger charge is -2.13. The summed E-state index contributed by atoms with van der Waals surface area (Å²) in [4.78, 5) is 36.8. The summed E-state index contributed by atoms with van der Waals surface area (Å²) < 4.78 is 11.4. The van der Waals surface area contributed by atoms with Crippen LogP contribution < -0.4 is 14.8 Å². The number of amides is 1. The molecule has 6 nitrogen and oxygen atoms in total. The van der Waals surface area contributed by atoms with Crippen LogP contribution in [0.4, 0.5) is 0 Å². The maximum absolute atomic E-state index is 12.2. The summed E-state index contributed by atoms with van der Waals surface area (Å²) in [7, 11) is 0. The van der Waals surface area contributed by atoms with Gasteiger partial charge in [0.15, 0.2) is 18.2 Å². The van der Waals surface area contributed by atoms with Crippen molar-refractivity contribution < 1.29 is 23.9 Å². The van der Waals surface area contributed by atoms with Gasteiger partial charge in [-0.1, -0.05) is 11.6 Å². The number of rotatable bonds is 8. The van der Waals surface area contributed by atoms with Crippen LogP contribution in [0.5, 0.6) is 11.5 Å². The van der Waals surface area contributed by atoms with Gasteiger partial charge in [-0.2, -0.15) is 0 Å². The summed E-state index contributed by atoms with van der Waals surface area (Å²) in [6.45, 7) is 3.22. The van der Waals surface area contributed by atoms with Crippen LogP contribution in [0.3, 0.4) is 0 Å². The second-order valence-electron chi connectivity index (χ2n) is 7.78. The number of halogens is 1. The summed E-state index contributed by atoms with van der Waals surface area (Å²) in [5.41, 5.74) is 2.50. The molecule has 1 aromatic heterocycles. The van der Waals surface area contributed by atoms with Gasteiger partial charge in [0.2, 0.25) is 0 Å². The quantitative estimate of drug-likeness (QED) is 0.457. The molecule has 4 rings (SSSR count). The fraction of sp³-hybridized carbons (Fsp3) is 0.240. The van der Waals surface area contributed by atoms with Crippen molar-refractivity contribution >= 4 is 40.4 Å². The highest BCUT2D eigenvalue weighted by Gasteiger charge is 2.26. The topological polar surface area (TPSA) is 81.7 Å². The molecule has 0 spiro atoms. The van der Waals surface area contributed by atoms with Gasteiger partial charge in [0.05, 0.1) is 16.4 Å². The molecule has 3 aromatic rings. The predicted molar refractivity (Wildman–Crippen MR) is 128 cm³/mol. The lowest BCUT2D eigenvalue weighted by atomic mass is 10.1. The number of nitrogens with one attached hydrogen (secondary N) is 1. The number of fused-ring (bicyclic) bond motifs is 1. The molecule has 0 bridgehead atoms. The first-order valence-electron chi connectivity index (χ1n) is 10.4. The van der Waals surface area contributed by atoms with Crippen LogP contribution in [0.15, 0.2) is 48.5 Å². The maximum atomic E-state index is 12.2. The Labute approximate surface area is 200 Å². The third kappa shape index (κ3) is 5.43. The Morgan fingerprint density at radius 3 is 2.52 bits per heavy atom. The Hall–Kier alpha value is -3.16. The van der Waals surface area contributed by atoms with E-state index in [4.69, 9.17) is 21.1 Å². The van der Waals surface area contributed by atoms with Gasteiger partial charge < -0.3 is 14.8 Å². The van der Waals surface area contributed by atoms with Crippen LogP contribution in [0, 0.1) is 0 Å². The largest absolute Gasteiger partial charge is 0.486 e. The standard InChI is InChI=1S/C25H22ClNO5S/c1-14(28)16-3-5-19(6-4-16)31-13-24(30)27-12-20-10-18-9-17(11-21(26)25(18)32-20)23-8-7-22(33-23)15(2)29/h3-9,11,20H,10,12-13H2,1-2H3,(H,27,30). The molecule has 1 amide bonds. The van der Waals surface area contributed by atoms with E-state index in [0.29, 0.717) is 39.9 Å². The van der Waals surface area contributed by atoms with E-state index >= 15 is 0 Å². The highest BCUT2D eigenvalue weighted by atomic mass is 35.5. The molecular weight excluding hydrogens is 462 g/mol. The van der Waals surface area contributed by atoms with Crippen molar-refractivity contribution in [3.05, 3.63) is 69.6 Å². The molecule has 8 heteroatoms. The Balaban J connectivity index is 1.31. The zero-order valence-corrected chi connectivity index (χ0v) is 19.7. The van der Waals surface area contributed by atoms with Crippen LogP contribution in [-0.4, -0.2) is 36.7 Å². The van der Waals surface area contributed by atoms with E-state index in [1.54, 1.807) is 31.2 Å². The molecule has 2 aromatic carbocycles. The molecule has 0 radical (unpaired) electrons. The average molecular weight is 484 g/mol. The van der Waals surface area contributed by atoms with E-state index in [0.717, 1.165) is 16.0 Å². The van der Waals surface area contributed by atoms with Crippen molar-refractivity contribution in [1.82, 2.24) is 5.32 Å². The Morgan fingerprint density at radius 2 is 1.85 bits per heavy atom. The molecule has 0 saturated carbocycles. The van der Waals surface area contributed by atoms with Crippen molar-refractivity contribution in [3.8, 4) is 21.9 Å². The van der Waals surface area contributed by atoms with Gasteiger partial charge in [-0.3, -0.25) is 14.4 Å². The van der Waals surface area contributed by atoms with Crippen LogP contribution in [0.2, 0.25) is 5.02 Å². The second kappa shape index (κ2) is 9.77. The Bertz CT molecular complexity index is 1220. The van der Waals surface area contributed by atoms with Crippen LogP contribution in [0.1, 0.15) is 39.4 Å². The van der Waals surface area contributed by atoms with Gasteiger partial charge in [-0.05, 0) is 67.9 Å². The molecule has 1 N–H and O–H groups in total. The van der Waals surface area contributed by atoms with Gasteiger partial charge in [-0.25, -0.2) is 0 Å². The lowest BCUT2D eigenvalue weighted by Crippen LogP contribution is -2.37. The third-order valence-electron chi connectivity index (χ3n) is 5.25. The lowest BCUT2D eigenvalue weighted by molar-refractivity contribution is -0.123. The number of carbonyl (C=O) groups excluding carboxylic acids is 3. The summed E-state index contributed by atoms with van der Waals surface area (Å²) >= 11 is 7.89. The maximum Gasteiger partial charge on any atom is 0.258 e. The van der Waals surface area contributed by atoms with E-state index in [2.05, 4.69) is 5.32 Å². The van der Waals surface area contributed by atoms with Gasteiger partial charge in [0.1, 0.15) is 17.6 Å². The fourth-order valence-electron chi connectivity index (χ4n) is 3.54. The van der Waals surface area contributed by atoms with E-state index in [1.807, 2.05) is 24.3 Å². The Morgan fingerprint density at radius 1 is 1.09 bits per heavy atom. The first kappa shape index (κ1) is 23.0. The molecule has 2 heterocycles. The SMILES string of the molecule is CC(=O)c1ccc(OCC(=O)NCC2Cc3cc(-c4ccc(C(C)=O)s4)cc(Cl)c3O2)cc1. The zero-order valence-electron chi connectivity index (χ0n) is 18.1. The number of benzene rings is 2. The second-order valence-corrected chi connectivity index (χ2v) is 9.27. The molecule has 0 saturated heterocycles. The van der Waals surface area contributed by atoms with Crippen molar-refractivity contribution in [1.29, 1.82) is 0 Å². The molecule has 0 fully saturated rings. The van der Waals surface area contributed by atoms with E-state index < -0.39 is 0 Å². The number of ether oxygens (including phenoxy) is 2. The summed E-state index contributed by atoms with van der Waals surface area (Å²) in [6.07, 6.45) is 0.379. The van der Waals surface area contributed by atoms with Gasteiger partial charge >= 0.3 is 0 Å². The number of ketones is 2. The molecule has 33 heavy (non-hydrogen) atoms. The Kier molecular flexibility index (Phi) is 6.81. The zero-order chi connectivity index (χ0) is 23.5. The number of carbonyl (C=O) groups is 3. The highest BCUT2D eigenvalue weighted by molar-refractivity contribution is 7.17. The van der Waals surface area contributed by atoms with Crippen LogP contribution in [0.25, 0.3) is 10.4 Å². The molecule has 0 aliphatic carbocycles. The number of hydrogen-bond acceptors (Lipinski definition) is 6. The minimum Gasteiger partial charge on any atom is -0.486 e. The minimum atomic E-state index is -0.271. The molecule has 170 valence electrons. The van der Waals surface area contributed by atoms with E-state index in [1.165, 1.54) is 18.3 Å². The number of Topliss-reactive ketones (excluding diaryl/α,β-unsaturated/α-hetero) is 2. The van der Waals surface area contributed by atoms with E-state index in [9.17, 15) is 14.4 Å². The number of hydrogen-bond donors (Lipinski definition) is 1. The molecule has 1 aliphatic rings. The normalized spacial score (nSPS) is 14.3. The molecule has 1 aliphatic heterocycles. The third-order valence-corrected chi connectivity index (χ3v) is 6.76. The first-order chi connectivity index (χ1) is 15.8. The van der Waals surface area contributed by atoms with Crippen molar-refractivity contribution in [2.75, 3.05) is 13.2 Å². The van der Waals surface area contributed by atoms with Crippen molar-refractivity contribution in [2.24, 2.45) is 0 Å². The fourth-order valence-corrected chi connectivity index (χ4v) is 4.71. The van der Waals surface area contributed by atoms with Gasteiger partial charge in [-0.15, -0.1) is 11.3 Å². The number of thiophene rings is 1.